The molecule has 2 N–H and O–H groups in total. The fourth-order valence-corrected chi connectivity index (χ4v) is 2.32. The van der Waals surface area contributed by atoms with Crippen LogP contribution in [0.4, 0.5) is 0 Å². The van der Waals surface area contributed by atoms with E-state index in [9.17, 15) is 0 Å². The molecule has 0 aromatic heterocycles. The van der Waals surface area contributed by atoms with E-state index in [-0.39, 0.29) is 6.61 Å². The average molecular weight is 171 g/mol. The zero-order chi connectivity index (χ0) is 8.55. The molecular weight excluding hydrogens is 154 g/mol. The number of hydrogen-bond acceptors (Lipinski definition) is 3. The molecule has 2 aliphatic rings. The Labute approximate surface area is 73.0 Å². The van der Waals surface area contributed by atoms with Gasteiger partial charge >= 0.3 is 0 Å². The minimum absolute atomic E-state index is 0.286. The van der Waals surface area contributed by atoms with Crippen LogP contribution in [0, 0.1) is 5.92 Å². The van der Waals surface area contributed by atoms with Crippen molar-refractivity contribution in [1.82, 2.24) is 4.90 Å². The highest BCUT2D eigenvalue weighted by atomic mass is 16.3. The van der Waals surface area contributed by atoms with Gasteiger partial charge in [0.1, 0.15) is 0 Å². The lowest BCUT2D eigenvalue weighted by Gasteiger charge is -2.22. The van der Waals surface area contributed by atoms with Gasteiger partial charge in [-0.3, -0.25) is 4.90 Å². The summed E-state index contributed by atoms with van der Waals surface area (Å²) in [7, 11) is 0. The van der Waals surface area contributed by atoms with Crippen LogP contribution in [0.1, 0.15) is 19.3 Å². The molecule has 0 aromatic carbocycles. The largest absolute Gasteiger partial charge is 0.396 e. The number of nitrogens with zero attached hydrogens (tertiary/aromatic N) is 1. The summed E-state index contributed by atoms with van der Waals surface area (Å²) in [5, 5.41) is 18.0. The monoisotopic (exact) mass is 171 g/mol. The fourth-order valence-electron chi connectivity index (χ4n) is 2.32. The third kappa shape index (κ3) is 1.37. The van der Waals surface area contributed by atoms with E-state index >= 15 is 0 Å². The zero-order valence-corrected chi connectivity index (χ0v) is 7.32. The number of aliphatic hydroxyl groups excluding tert-OH is 2. The molecular formula is C9H17NO2. The lowest BCUT2D eigenvalue weighted by molar-refractivity contribution is 0.141. The SMILES string of the molecule is OCC1CC1N1CCCC1CO. The number of rotatable bonds is 3. The lowest BCUT2D eigenvalue weighted by Crippen LogP contribution is -2.35. The van der Waals surface area contributed by atoms with E-state index in [0.29, 0.717) is 24.6 Å². The molecule has 0 radical (unpaired) electrons. The molecule has 1 saturated carbocycles. The van der Waals surface area contributed by atoms with Crippen LogP contribution in [-0.4, -0.2) is 47.0 Å². The maximum atomic E-state index is 9.07. The van der Waals surface area contributed by atoms with Gasteiger partial charge in [-0.05, 0) is 31.7 Å². The van der Waals surface area contributed by atoms with Gasteiger partial charge in [-0.15, -0.1) is 0 Å². The quantitative estimate of drug-likeness (QED) is 0.619. The van der Waals surface area contributed by atoms with Crippen molar-refractivity contribution in [2.24, 2.45) is 5.92 Å². The second kappa shape index (κ2) is 3.32. The maximum absolute atomic E-state index is 9.07. The summed E-state index contributed by atoms with van der Waals surface area (Å²) < 4.78 is 0. The molecule has 0 bridgehead atoms. The minimum Gasteiger partial charge on any atom is -0.396 e. The van der Waals surface area contributed by atoms with Crippen LogP contribution in [0.3, 0.4) is 0 Å². The smallest absolute Gasteiger partial charge is 0.0586 e. The summed E-state index contributed by atoms with van der Waals surface area (Å²) in [4.78, 5) is 2.38. The fraction of sp³-hybridized carbons (Fsp3) is 1.00. The van der Waals surface area contributed by atoms with E-state index in [1.54, 1.807) is 0 Å². The van der Waals surface area contributed by atoms with E-state index in [1.165, 1.54) is 6.42 Å². The standard InChI is InChI=1S/C9H17NO2/c11-5-7-4-9(7)10-3-1-2-8(10)6-12/h7-9,11-12H,1-6H2. The molecule has 1 saturated heterocycles. The summed E-state index contributed by atoms with van der Waals surface area (Å²) in [6, 6.07) is 0.959. The van der Waals surface area contributed by atoms with Gasteiger partial charge in [0.05, 0.1) is 6.61 Å². The number of aliphatic hydroxyl groups is 2. The van der Waals surface area contributed by atoms with Crippen molar-refractivity contribution in [3.63, 3.8) is 0 Å². The molecule has 1 heterocycles. The molecule has 12 heavy (non-hydrogen) atoms. The van der Waals surface area contributed by atoms with Crippen LogP contribution >= 0.6 is 0 Å². The third-order valence-electron chi connectivity index (χ3n) is 3.18. The predicted molar refractivity (Wildman–Crippen MR) is 45.8 cm³/mol. The molecule has 0 aromatic rings. The highest BCUT2D eigenvalue weighted by molar-refractivity contribution is 4.98. The van der Waals surface area contributed by atoms with Crippen molar-refractivity contribution in [2.45, 2.75) is 31.3 Å². The van der Waals surface area contributed by atoms with Crippen LogP contribution in [0.15, 0.2) is 0 Å². The van der Waals surface area contributed by atoms with Crippen molar-refractivity contribution < 1.29 is 10.2 Å². The molecule has 3 unspecified atom stereocenters. The summed E-state index contributed by atoms with van der Waals surface area (Å²) in [6.07, 6.45) is 3.47. The van der Waals surface area contributed by atoms with E-state index in [2.05, 4.69) is 4.90 Å². The van der Waals surface area contributed by atoms with E-state index < -0.39 is 0 Å². The summed E-state index contributed by atoms with van der Waals surface area (Å²) in [6.45, 7) is 1.72. The highest BCUT2D eigenvalue weighted by Gasteiger charge is 2.44. The second-order valence-electron chi connectivity index (χ2n) is 3.96. The van der Waals surface area contributed by atoms with Gasteiger partial charge in [-0.1, -0.05) is 0 Å². The van der Waals surface area contributed by atoms with Gasteiger partial charge in [0, 0.05) is 18.7 Å². The first-order chi connectivity index (χ1) is 5.86. The molecule has 2 fully saturated rings. The van der Waals surface area contributed by atoms with Crippen LogP contribution in [0.2, 0.25) is 0 Å². The van der Waals surface area contributed by atoms with Crippen molar-refractivity contribution in [1.29, 1.82) is 0 Å². The number of hydrogen-bond donors (Lipinski definition) is 2. The summed E-state index contributed by atoms with van der Waals surface area (Å²) in [5.41, 5.74) is 0. The van der Waals surface area contributed by atoms with Gasteiger partial charge in [-0.25, -0.2) is 0 Å². The normalized spacial score (nSPS) is 42.0. The van der Waals surface area contributed by atoms with Crippen molar-refractivity contribution in [2.75, 3.05) is 19.8 Å². The molecule has 2 rings (SSSR count). The molecule has 0 spiro atoms. The van der Waals surface area contributed by atoms with Crippen LogP contribution in [0.5, 0.6) is 0 Å². The topological polar surface area (TPSA) is 43.7 Å². The van der Waals surface area contributed by atoms with Gasteiger partial charge in [0.25, 0.3) is 0 Å². The molecule has 1 aliphatic carbocycles. The van der Waals surface area contributed by atoms with Crippen LogP contribution in [-0.2, 0) is 0 Å². The summed E-state index contributed by atoms with van der Waals surface area (Å²) in [5.74, 6) is 0.497. The second-order valence-corrected chi connectivity index (χ2v) is 3.96. The van der Waals surface area contributed by atoms with Gasteiger partial charge in [-0.2, -0.15) is 0 Å². The van der Waals surface area contributed by atoms with Crippen molar-refractivity contribution in [3.05, 3.63) is 0 Å². The summed E-state index contributed by atoms with van der Waals surface area (Å²) >= 11 is 0. The molecule has 3 nitrogen and oxygen atoms in total. The Bertz CT molecular complexity index is 163. The Morgan fingerprint density at radius 1 is 1.25 bits per heavy atom. The van der Waals surface area contributed by atoms with Crippen molar-refractivity contribution >= 4 is 0 Å². The first-order valence-electron chi connectivity index (χ1n) is 4.84. The van der Waals surface area contributed by atoms with Gasteiger partial charge < -0.3 is 10.2 Å². The van der Waals surface area contributed by atoms with Gasteiger partial charge in [0.15, 0.2) is 0 Å². The molecule has 70 valence electrons. The van der Waals surface area contributed by atoms with E-state index in [0.717, 1.165) is 19.4 Å². The molecule has 3 heteroatoms. The number of likely N-dealkylation sites (tertiary alicyclic amines) is 1. The van der Waals surface area contributed by atoms with E-state index in [1.807, 2.05) is 0 Å². The Balaban J connectivity index is 1.87. The minimum atomic E-state index is 0.286. The van der Waals surface area contributed by atoms with Crippen LogP contribution in [0.25, 0.3) is 0 Å². The molecule has 0 amide bonds. The lowest BCUT2D eigenvalue weighted by atomic mass is 10.2. The average Bonchev–Trinajstić information content (AvgIpc) is 2.74. The molecule has 3 atom stereocenters. The maximum Gasteiger partial charge on any atom is 0.0586 e. The zero-order valence-electron chi connectivity index (χ0n) is 7.32. The van der Waals surface area contributed by atoms with Crippen LogP contribution < -0.4 is 0 Å². The first kappa shape index (κ1) is 8.48. The van der Waals surface area contributed by atoms with E-state index in [4.69, 9.17) is 10.2 Å². The highest BCUT2D eigenvalue weighted by Crippen LogP contribution is 2.39. The third-order valence-corrected chi connectivity index (χ3v) is 3.18. The Kier molecular flexibility index (Phi) is 2.35. The van der Waals surface area contributed by atoms with Gasteiger partial charge in [0.2, 0.25) is 0 Å². The Morgan fingerprint density at radius 3 is 2.67 bits per heavy atom. The predicted octanol–water partition coefficient (Wildman–Crippen LogP) is -0.176. The first-order valence-corrected chi connectivity index (χ1v) is 4.84. The van der Waals surface area contributed by atoms with Crippen molar-refractivity contribution in [3.8, 4) is 0 Å². The Morgan fingerprint density at radius 2 is 2.08 bits per heavy atom. The molecule has 1 aliphatic heterocycles. The Hall–Kier alpha value is -0.120.